The highest BCUT2D eigenvalue weighted by atomic mass is 32.2. The summed E-state index contributed by atoms with van der Waals surface area (Å²) in [6.45, 7) is 3.60. The SMILES string of the molecule is CCCNc1ncc(F)c(NCCCCCSC)n1. The molecule has 1 heterocycles. The minimum Gasteiger partial charge on any atom is -0.367 e. The second-order valence-corrected chi connectivity index (χ2v) is 5.28. The number of anilines is 2. The molecular weight excluding hydrogens is 263 g/mol. The molecule has 0 amide bonds. The van der Waals surface area contributed by atoms with E-state index in [0.29, 0.717) is 11.8 Å². The second-order valence-electron chi connectivity index (χ2n) is 4.30. The third kappa shape index (κ3) is 6.61. The third-order valence-corrected chi connectivity index (χ3v) is 3.29. The van der Waals surface area contributed by atoms with E-state index in [4.69, 9.17) is 0 Å². The van der Waals surface area contributed by atoms with Crippen LogP contribution >= 0.6 is 11.8 Å². The fourth-order valence-corrected chi connectivity index (χ4v) is 2.06. The molecule has 0 atom stereocenters. The molecular formula is C13H23FN4S. The van der Waals surface area contributed by atoms with Gasteiger partial charge in [-0.2, -0.15) is 16.7 Å². The van der Waals surface area contributed by atoms with Crippen molar-refractivity contribution in [3.05, 3.63) is 12.0 Å². The minimum atomic E-state index is -0.397. The van der Waals surface area contributed by atoms with Crippen LogP contribution in [0.15, 0.2) is 6.20 Å². The molecule has 0 fully saturated rings. The number of nitrogens with zero attached hydrogens (tertiary/aromatic N) is 2. The molecule has 0 bridgehead atoms. The van der Waals surface area contributed by atoms with Gasteiger partial charge in [-0.1, -0.05) is 13.3 Å². The number of thioether (sulfide) groups is 1. The Hall–Kier alpha value is -1.04. The van der Waals surface area contributed by atoms with Crippen LogP contribution in [0.3, 0.4) is 0 Å². The fourth-order valence-electron chi connectivity index (χ4n) is 1.57. The van der Waals surface area contributed by atoms with Crippen molar-refractivity contribution in [2.75, 3.05) is 35.7 Å². The van der Waals surface area contributed by atoms with Crippen molar-refractivity contribution in [3.63, 3.8) is 0 Å². The van der Waals surface area contributed by atoms with Gasteiger partial charge in [-0.15, -0.1) is 0 Å². The summed E-state index contributed by atoms with van der Waals surface area (Å²) in [4.78, 5) is 8.04. The zero-order chi connectivity index (χ0) is 13.9. The van der Waals surface area contributed by atoms with Crippen molar-refractivity contribution in [2.45, 2.75) is 32.6 Å². The van der Waals surface area contributed by atoms with Crippen molar-refractivity contribution < 1.29 is 4.39 Å². The topological polar surface area (TPSA) is 49.8 Å². The standard InChI is InChI=1S/C13H23FN4S/c1-3-7-16-13-17-10-11(14)12(18-13)15-8-5-4-6-9-19-2/h10H,3-9H2,1-2H3,(H2,15,16,17,18). The van der Waals surface area contributed by atoms with Crippen LogP contribution in [0.1, 0.15) is 32.6 Å². The number of nitrogens with one attached hydrogen (secondary N) is 2. The van der Waals surface area contributed by atoms with Crippen LogP contribution in [0, 0.1) is 5.82 Å². The molecule has 108 valence electrons. The van der Waals surface area contributed by atoms with Crippen LogP contribution in [-0.2, 0) is 0 Å². The molecule has 0 unspecified atom stereocenters. The van der Waals surface area contributed by atoms with Crippen LogP contribution < -0.4 is 10.6 Å². The minimum absolute atomic E-state index is 0.290. The number of rotatable bonds is 10. The van der Waals surface area contributed by atoms with E-state index in [1.807, 2.05) is 11.8 Å². The lowest BCUT2D eigenvalue weighted by Gasteiger charge is -2.08. The van der Waals surface area contributed by atoms with Gasteiger partial charge in [-0.3, -0.25) is 0 Å². The number of hydrogen-bond donors (Lipinski definition) is 2. The Morgan fingerprint density at radius 2 is 2.05 bits per heavy atom. The van der Waals surface area contributed by atoms with Gasteiger partial charge >= 0.3 is 0 Å². The molecule has 6 heteroatoms. The Morgan fingerprint density at radius 3 is 2.79 bits per heavy atom. The average molecular weight is 286 g/mol. The number of hydrogen-bond acceptors (Lipinski definition) is 5. The van der Waals surface area contributed by atoms with Gasteiger partial charge in [0, 0.05) is 13.1 Å². The van der Waals surface area contributed by atoms with Gasteiger partial charge in [-0.25, -0.2) is 9.37 Å². The molecule has 0 aliphatic carbocycles. The quantitative estimate of drug-likeness (QED) is 0.646. The van der Waals surface area contributed by atoms with E-state index in [1.54, 1.807) is 0 Å². The van der Waals surface area contributed by atoms with Gasteiger partial charge in [0.1, 0.15) is 0 Å². The monoisotopic (exact) mass is 286 g/mol. The van der Waals surface area contributed by atoms with E-state index in [1.165, 1.54) is 18.4 Å². The summed E-state index contributed by atoms with van der Waals surface area (Å²) in [6.07, 6.45) is 7.70. The summed E-state index contributed by atoms with van der Waals surface area (Å²) >= 11 is 1.86. The van der Waals surface area contributed by atoms with Gasteiger partial charge in [0.2, 0.25) is 5.95 Å². The van der Waals surface area contributed by atoms with E-state index in [-0.39, 0.29) is 0 Å². The average Bonchev–Trinajstić information content (AvgIpc) is 2.43. The lowest BCUT2D eigenvalue weighted by Crippen LogP contribution is -2.10. The van der Waals surface area contributed by atoms with Crippen LogP contribution in [-0.4, -0.2) is 35.1 Å². The number of aromatic nitrogens is 2. The first kappa shape index (κ1) is 16.0. The van der Waals surface area contributed by atoms with Crippen molar-refractivity contribution in [2.24, 2.45) is 0 Å². The molecule has 4 nitrogen and oxygen atoms in total. The van der Waals surface area contributed by atoms with Gasteiger partial charge in [0.05, 0.1) is 6.20 Å². The second kappa shape index (κ2) is 9.83. The molecule has 19 heavy (non-hydrogen) atoms. The Morgan fingerprint density at radius 1 is 1.21 bits per heavy atom. The van der Waals surface area contributed by atoms with Crippen LogP contribution in [0.5, 0.6) is 0 Å². The molecule has 0 spiro atoms. The zero-order valence-corrected chi connectivity index (χ0v) is 12.5. The van der Waals surface area contributed by atoms with Crippen molar-refractivity contribution in [1.29, 1.82) is 0 Å². The summed E-state index contributed by atoms with van der Waals surface area (Å²) in [7, 11) is 0. The first-order valence-corrected chi connectivity index (χ1v) is 8.16. The molecule has 0 radical (unpaired) electrons. The molecule has 0 saturated carbocycles. The van der Waals surface area contributed by atoms with Gasteiger partial charge in [0.15, 0.2) is 11.6 Å². The molecule has 1 aromatic rings. The van der Waals surface area contributed by atoms with Crippen molar-refractivity contribution >= 4 is 23.5 Å². The maximum absolute atomic E-state index is 13.5. The number of unbranched alkanes of at least 4 members (excludes halogenated alkanes) is 2. The van der Waals surface area contributed by atoms with Gasteiger partial charge < -0.3 is 10.6 Å². The third-order valence-electron chi connectivity index (χ3n) is 2.59. The van der Waals surface area contributed by atoms with E-state index in [2.05, 4.69) is 33.8 Å². The predicted molar refractivity (Wildman–Crippen MR) is 81.5 cm³/mol. The van der Waals surface area contributed by atoms with E-state index in [0.717, 1.165) is 32.4 Å². The van der Waals surface area contributed by atoms with Crippen LogP contribution in [0.4, 0.5) is 16.2 Å². The molecule has 1 rings (SSSR count). The predicted octanol–water partition coefficient (Wildman–Crippen LogP) is 3.38. The summed E-state index contributed by atoms with van der Waals surface area (Å²) in [5, 5.41) is 6.08. The smallest absolute Gasteiger partial charge is 0.224 e. The summed E-state index contributed by atoms with van der Waals surface area (Å²) in [5.41, 5.74) is 0. The van der Waals surface area contributed by atoms with Crippen LogP contribution in [0.2, 0.25) is 0 Å². The van der Waals surface area contributed by atoms with Gasteiger partial charge in [0.25, 0.3) is 0 Å². The highest BCUT2D eigenvalue weighted by Crippen LogP contribution is 2.12. The normalized spacial score (nSPS) is 10.5. The van der Waals surface area contributed by atoms with Crippen molar-refractivity contribution in [1.82, 2.24) is 9.97 Å². The Kier molecular flexibility index (Phi) is 8.29. The van der Waals surface area contributed by atoms with Crippen LogP contribution in [0.25, 0.3) is 0 Å². The Balaban J connectivity index is 2.34. The van der Waals surface area contributed by atoms with E-state index < -0.39 is 5.82 Å². The van der Waals surface area contributed by atoms with E-state index >= 15 is 0 Å². The maximum Gasteiger partial charge on any atom is 0.224 e. The lowest BCUT2D eigenvalue weighted by atomic mass is 10.2. The largest absolute Gasteiger partial charge is 0.367 e. The molecule has 0 aromatic carbocycles. The molecule has 1 aromatic heterocycles. The zero-order valence-electron chi connectivity index (χ0n) is 11.7. The highest BCUT2D eigenvalue weighted by molar-refractivity contribution is 7.98. The molecule has 0 aliphatic heterocycles. The van der Waals surface area contributed by atoms with Gasteiger partial charge in [-0.05, 0) is 31.3 Å². The lowest BCUT2D eigenvalue weighted by molar-refractivity contribution is 0.615. The summed E-state index contributed by atoms with van der Waals surface area (Å²) < 4.78 is 13.5. The molecule has 0 saturated heterocycles. The Bertz CT molecular complexity index is 362. The fraction of sp³-hybridized carbons (Fsp3) is 0.692. The first-order chi connectivity index (χ1) is 9.27. The summed E-state index contributed by atoms with van der Waals surface area (Å²) in [6, 6.07) is 0. The number of halogens is 1. The summed E-state index contributed by atoms with van der Waals surface area (Å²) in [5.74, 6) is 1.56. The molecule has 2 N–H and O–H groups in total. The maximum atomic E-state index is 13.5. The first-order valence-electron chi connectivity index (χ1n) is 6.77. The Labute approximate surface area is 119 Å². The molecule has 0 aliphatic rings. The van der Waals surface area contributed by atoms with Crippen molar-refractivity contribution in [3.8, 4) is 0 Å². The highest BCUT2D eigenvalue weighted by Gasteiger charge is 2.05. The van der Waals surface area contributed by atoms with E-state index in [9.17, 15) is 4.39 Å².